The van der Waals surface area contributed by atoms with Crippen molar-refractivity contribution in [3.63, 3.8) is 0 Å². The van der Waals surface area contributed by atoms with Crippen molar-refractivity contribution in [2.75, 3.05) is 12.4 Å². The lowest BCUT2D eigenvalue weighted by Crippen LogP contribution is -2.28. The number of hydrogen-bond donors (Lipinski definition) is 2. The number of hydrogen-bond acceptors (Lipinski definition) is 3. The summed E-state index contributed by atoms with van der Waals surface area (Å²) in [7, 11) is 1.60. The van der Waals surface area contributed by atoms with Gasteiger partial charge in [0.2, 0.25) is 0 Å². The number of rotatable bonds is 6. The second-order valence-electron chi connectivity index (χ2n) is 6.10. The normalized spacial score (nSPS) is 11.1. The van der Waals surface area contributed by atoms with Gasteiger partial charge in [-0.3, -0.25) is 9.59 Å². The minimum absolute atomic E-state index is 0.224. The molecule has 2 rings (SSSR count). The molecule has 0 saturated heterocycles. The van der Waals surface area contributed by atoms with Gasteiger partial charge in [0.15, 0.2) is 0 Å². The number of ether oxygens (including phenoxy) is 1. The van der Waals surface area contributed by atoms with E-state index in [1.807, 2.05) is 12.1 Å². The molecule has 24 heavy (non-hydrogen) atoms. The maximum Gasteiger partial charge on any atom is 0.313 e. The van der Waals surface area contributed by atoms with Gasteiger partial charge in [0.25, 0.3) is 5.91 Å². The van der Waals surface area contributed by atoms with Crippen molar-refractivity contribution in [3.8, 4) is 0 Å². The van der Waals surface area contributed by atoms with E-state index in [1.54, 1.807) is 57.4 Å². The minimum atomic E-state index is -0.975. The lowest BCUT2D eigenvalue weighted by molar-refractivity contribution is -0.142. The van der Waals surface area contributed by atoms with Crippen LogP contribution in [0.4, 0.5) is 5.69 Å². The molecule has 1 amide bonds. The summed E-state index contributed by atoms with van der Waals surface area (Å²) in [4.78, 5) is 23.6. The maximum absolute atomic E-state index is 12.3. The molecular formula is C19H21NO4. The van der Waals surface area contributed by atoms with Gasteiger partial charge >= 0.3 is 5.97 Å². The van der Waals surface area contributed by atoms with Crippen LogP contribution in [0.15, 0.2) is 48.5 Å². The van der Waals surface area contributed by atoms with E-state index < -0.39 is 11.4 Å². The second kappa shape index (κ2) is 7.27. The number of aliphatic carboxylic acids is 1. The number of carboxylic acids is 1. The minimum Gasteiger partial charge on any atom is -0.481 e. The fourth-order valence-corrected chi connectivity index (χ4v) is 2.27. The monoisotopic (exact) mass is 327 g/mol. The molecule has 0 aliphatic rings. The molecule has 5 nitrogen and oxygen atoms in total. The summed E-state index contributed by atoms with van der Waals surface area (Å²) in [5.74, 6) is -1.12. The Balaban J connectivity index is 2.12. The van der Waals surface area contributed by atoms with Crippen LogP contribution in [0.25, 0.3) is 0 Å². The smallest absolute Gasteiger partial charge is 0.313 e. The highest BCUT2D eigenvalue weighted by molar-refractivity contribution is 6.04. The van der Waals surface area contributed by atoms with Crippen LogP contribution in [0.3, 0.4) is 0 Å². The molecule has 0 fully saturated rings. The van der Waals surface area contributed by atoms with Crippen LogP contribution in [0.1, 0.15) is 35.3 Å². The molecule has 0 bridgehead atoms. The molecule has 0 aliphatic heterocycles. The lowest BCUT2D eigenvalue weighted by Gasteiger charge is -2.19. The molecular weight excluding hydrogens is 306 g/mol. The van der Waals surface area contributed by atoms with Crippen LogP contribution in [-0.2, 0) is 21.6 Å². The molecule has 0 aromatic heterocycles. The van der Waals surface area contributed by atoms with E-state index in [9.17, 15) is 14.7 Å². The van der Waals surface area contributed by atoms with Crippen LogP contribution in [0.5, 0.6) is 0 Å². The highest BCUT2D eigenvalue weighted by Gasteiger charge is 2.29. The molecule has 0 heterocycles. The van der Waals surface area contributed by atoms with Crippen LogP contribution >= 0.6 is 0 Å². The van der Waals surface area contributed by atoms with Gasteiger partial charge in [-0.1, -0.05) is 24.3 Å². The van der Waals surface area contributed by atoms with Gasteiger partial charge in [-0.05, 0) is 49.2 Å². The van der Waals surface area contributed by atoms with Crippen LogP contribution in [0, 0.1) is 0 Å². The fraction of sp³-hybridized carbons (Fsp3) is 0.263. The SMILES string of the molecule is COCc1cccc(C(=O)Nc2ccc(C(C)(C)C(=O)O)cc2)c1. The third-order valence-corrected chi connectivity index (χ3v) is 3.90. The van der Waals surface area contributed by atoms with E-state index in [2.05, 4.69) is 5.32 Å². The highest BCUT2D eigenvalue weighted by Crippen LogP contribution is 2.25. The fourth-order valence-electron chi connectivity index (χ4n) is 2.27. The Labute approximate surface area is 141 Å². The van der Waals surface area contributed by atoms with Crippen LogP contribution < -0.4 is 5.32 Å². The molecule has 0 aliphatic carbocycles. The van der Waals surface area contributed by atoms with Crippen LogP contribution in [0.2, 0.25) is 0 Å². The third kappa shape index (κ3) is 4.00. The van der Waals surface area contributed by atoms with Gasteiger partial charge in [-0.15, -0.1) is 0 Å². The second-order valence-corrected chi connectivity index (χ2v) is 6.10. The Morgan fingerprint density at radius 2 is 1.79 bits per heavy atom. The summed E-state index contributed by atoms with van der Waals surface area (Å²) in [6, 6.07) is 14.0. The summed E-state index contributed by atoms with van der Waals surface area (Å²) in [6.45, 7) is 3.73. The van der Waals surface area contributed by atoms with E-state index in [4.69, 9.17) is 4.74 Å². The average Bonchev–Trinajstić information content (AvgIpc) is 2.56. The number of benzene rings is 2. The van der Waals surface area contributed by atoms with Crippen molar-refractivity contribution in [1.29, 1.82) is 0 Å². The zero-order chi connectivity index (χ0) is 17.7. The Morgan fingerprint density at radius 1 is 1.12 bits per heavy atom. The topological polar surface area (TPSA) is 75.6 Å². The number of methoxy groups -OCH3 is 1. The van der Waals surface area contributed by atoms with Crippen LogP contribution in [-0.4, -0.2) is 24.1 Å². The predicted molar refractivity (Wildman–Crippen MR) is 92.2 cm³/mol. The van der Waals surface area contributed by atoms with Gasteiger partial charge in [0.05, 0.1) is 12.0 Å². The number of carboxylic acid groups (broad SMARTS) is 1. The molecule has 0 radical (unpaired) electrons. The Kier molecular flexibility index (Phi) is 5.36. The molecule has 0 saturated carbocycles. The largest absolute Gasteiger partial charge is 0.481 e. The molecule has 5 heteroatoms. The number of amides is 1. The maximum atomic E-state index is 12.3. The van der Waals surface area contributed by atoms with E-state index in [0.717, 1.165) is 5.56 Å². The molecule has 0 atom stereocenters. The van der Waals surface area contributed by atoms with Crippen molar-refractivity contribution in [1.82, 2.24) is 0 Å². The molecule has 0 unspecified atom stereocenters. The van der Waals surface area contributed by atoms with Gasteiger partial charge < -0.3 is 15.2 Å². The Morgan fingerprint density at radius 3 is 2.38 bits per heavy atom. The molecule has 2 aromatic carbocycles. The quantitative estimate of drug-likeness (QED) is 0.852. The van der Waals surface area contributed by atoms with Gasteiger partial charge in [0.1, 0.15) is 0 Å². The van der Waals surface area contributed by atoms with Gasteiger partial charge in [-0.2, -0.15) is 0 Å². The number of anilines is 1. The van der Waals surface area contributed by atoms with Crippen molar-refractivity contribution in [2.24, 2.45) is 0 Å². The van der Waals surface area contributed by atoms with Crippen molar-refractivity contribution < 1.29 is 19.4 Å². The Hall–Kier alpha value is -2.66. The molecule has 126 valence electrons. The van der Waals surface area contributed by atoms with E-state index in [-0.39, 0.29) is 5.91 Å². The van der Waals surface area contributed by atoms with E-state index in [0.29, 0.717) is 23.4 Å². The summed E-state index contributed by atoms with van der Waals surface area (Å²) < 4.78 is 5.07. The van der Waals surface area contributed by atoms with Crippen molar-refractivity contribution in [3.05, 3.63) is 65.2 Å². The standard InChI is InChI=1S/C19H21NO4/c1-19(2,18(22)23)15-7-9-16(10-8-15)20-17(21)14-6-4-5-13(11-14)12-24-3/h4-11H,12H2,1-3H3,(H,20,21)(H,22,23). The van der Waals surface area contributed by atoms with E-state index >= 15 is 0 Å². The Bertz CT molecular complexity index is 735. The molecule has 0 spiro atoms. The van der Waals surface area contributed by atoms with Gasteiger partial charge in [0, 0.05) is 18.4 Å². The summed E-state index contributed by atoms with van der Waals surface area (Å²) in [6.07, 6.45) is 0. The zero-order valence-electron chi connectivity index (χ0n) is 14.0. The van der Waals surface area contributed by atoms with Crippen molar-refractivity contribution in [2.45, 2.75) is 25.9 Å². The summed E-state index contributed by atoms with van der Waals surface area (Å²) in [5, 5.41) is 12.1. The number of nitrogens with one attached hydrogen (secondary N) is 1. The summed E-state index contributed by atoms with van der Waals surface area (Å²) >= 11 is 0. The number of carbonyl (C=O) groups is 2. The zero-order valence-corrected chi connectivity index (χ0v) is 14.0. The number of carbonyl (C=O) groups excluding carboxylic acids is 1. The van der Waals surface area contributed by atoms with Gasteiger partial charge in [-0.25, -0.2) is 0 Å². The first-order chi connectivity index (χ1) is 11.3. The third-order valence-electron chi connectivity index (χ3n) is 3.90. The average molecular weight is 327 g/mol. The first-order valence-corrected chi connectivity index (χ1v) is 7.58. The van der Waals surface area contributed by atoms with E-state index in [1.165, 1.54) is 0 Å². The molecule has 2 N–H and O–H groups in total. The lowest BCUT2D eigenvalue weighted by atomic mass is 9.85. The first-order valence-electron chi connectivity index (χ1n) is 7.58. The highest BCUT2D eigenvalue weighted by atomic mass is 16.5. The van der Waals surface area contributed by atoms with Crippen molar-refractivity contribution >= 4 is 17.6 Å². The predicted octanol–water partition coefficient (Wildman–Crippen LogP) is 3.45. The molecule has 2 aromatic rings. The summed E-state index contributed by atoms with van der Waals surface area (Å²) in [5.41, 5.74) is 1.78. The first kappa shape index (κ1) is 17.7.